The molecule has 1 heterocycles. The van der Waals surface area contributed by atoms with Crippen molar-refractivity contribution in [2.45, 2.75) is 12.8 Å². The zero-order valence-corrected chi connectivity index (χ0v) is 9.93. The summed E-state index contributed by atoms with van der Waals surface area (Å²) in [5, 5.41) is 8.75. The van der Waals surface area contributed by atoms with Crippen LogP contribution in [0.2, 0.25) is 0 Å². The minimum Gasteiger partial charge on any atom is -0.363 e. The summed E-state index contributed by atoms with van der Waals surface area (Å²) in [7, 11) is 0. The predicted octanol–water partition coefficient (Wildman–Crippen LogP) is 0.674. The van der Waals surface area contributed by atoms with Crippen molar-refractivity contribution in [2.24, 2.45) is 0 Å². The van der Waals surface area contributed by atoms with Crippen LogP contribution in [-0.4, -0.2) is 21.7 Å². The van der Waals surface area contributed by atoms with Gasteiger partial charge in [-0.2, -0.15) is 0 Å². The molecular formula is C12H14N4O2. The number of hydrogen-bond donors (Lipinski definition) is 3. The molecule has 0 aliphatic carbocycles. The molecule has 1 atom stereocenters. The minimum atomic E-state index is -0.610. The first kappa shape index (κ1) is 12.1. The number of aromatic amines is 2. The predicted molar refractivity (Wildman–Crippen MR) is 68.8 cm³/mol. The molecule has 1 unspecified atom stereocenters. The standard InChI is InChI=1S/C12H14N4O2/c1-8(9-5-3-2-4-6-9)7-13-10-11(17)14-12(18)16-15-10/h2-6,8H,7H2,1H3,(H,13,15)(H2,14,16,17,18). The Morgan fingerprint density at radius 3 is 2.67 bits per heavy atom. The van der Waals surface area contributed by atoms with E-state index in [1.54, 1.807) is 0 Å². The van der Waals surface area contributed by atoms with Gasteiger partial charge in [0.05, 0.1) is 0 Å². The van der Waals surface area contributed by atoms with Crippen LogP contribution in [0.5, 0.6) is 0 Å². The highest BCUT2D eigenvalue weighted by Gasteiger charge is 2.07. The number of nitrogens with zero attached hydrogens (tertiary/aromatic N) is 1. The maximum absolute atomic E-state index is 11.4. The lowest BCUT2D eigenvalue weighted by molar-refractivity contribution is 0.788. The third kappa shape index (κ3) is 2.85. The molecule has 0 saturated carbocycles. The van der Waals surface area contributed by atoms with Crippen LogP contribution in [0.15, 0.2) is 39.9 Å². The van der Waals surface area contributed by atoms with Crippen LogP contribution >= 0.6 is 0 Å². The number of hydrogen-bond acceptors (Lipinski definition) is 4. The second-order valence-electron chi connectivity index (χ2n) is 4.05. The molecular weight excluding hydrogens is 232 g/mol. The molecule has 0 spiro atoms. The normalized spacial score (nSPS) is 12.1. The lowest BCUT2D eigenvalue weighted by Crippen LogP contribution is -2.27. The quantitative estimate of drug-likeness (QED) is 0.739. The monoisotopic (exact) mass is 246 g/mol. The molecule has 94 valence electrons. The summed E-state index contributed by atoms with van der Waals surface area (Å²) in [6.45, 7) is 2.61. The van der Waals surface area contributed by atoms with E-state index in [9.17, 15) is 9.59 Å². The molecule has 0 fully saturated rings. The zero-order chi connectivity index (χ0) is 13.0. The average Bonchev–Trinajstić information content (AvgIpc) is 2.38. The van der Waals surface area contributed by atoms with Crippen LogP contribution in [0.1, 0.15) is 18.4 Å². The Bertz CT molecular complexity index is 618. The van der Waals surface area contributed by atoms with Gasteiger partial charge in [0.15, 0.2) is 0 Å². The van der Waals surface area contributed by atoms with Gasteiger partial charge in [0, 0.05) is 6.54 Å². The summed E-state index contributed by atoms with van der Waals surface area (Å²) in [4.78, 5) is 24.3. The van der Waals surface area contributed by atoms with Gasteiger partial charge in [-0.05, 0) is 11.5 Å². The van der Waals surface area contributed by atoms with E-state index < -0.39 is 11.2 Å². The molecule has 1 aromatic heterocycles. The molecule has 2 aromatic rings. The first-order valence-electron chi connectivity index (χ1n) is 5.64. The number of aromatic nitrogens is 3. The van der Waals surface area contributed by atoms with Crippen LogP contribution in [-0.2, 0) is 0 Å². The third-order valence-electron chi connectivity index (χ3n) is 2.66. The number of rotatable bonds is 4. The Morgan fingerprint density at radius 1 is 1.28 bits per heavy atom. The summed E-state index contributed by atoms with van der Waals surface area (Å²) in [5.41, 5.74) is 0.0477. The molecule has 0 amide bonds. The van der Waals surface area contributed by atoms with Crippen LogP contribution in [0.3, 0.4) is 0 Å². The van der Waals surface area contributed by atoms with Gasteiger partial charge >= 0.3 is 5.69 Å². The molecule has 18 heavy (non-hydrogen) atoms. The average molecular weight is 246 g/mol. The summed E-state index contributed by atoms with van der Waals surface area (Å²) in [6.07, 6.45) is 0. The molecule has 1 aromatic carbocycles. The maximum atomic E-state index is 11.4. The molecule has 6 nitrogen and oxygen atoms in total. The first-order chi connectivity index (χ1) is 8.66. The van der Waals surface area contributed by atoms with Gasteiger partial charge in [0.2, 0.25) is 5.82 Å². The highest BCUT2D eigenvalue weighted by atomic mass is 16.2. The molecule has 6 heteroatoms. The van der Waals surface area contributed by atoms with Gasteiger partial charge in [0.25, 0.3) is 5.56 Å². The van der Waals surface area contributed by atoms with Gasteiger partial charge in [-0.25, -0.2) is 9.89 Å². The number of nitrogens with one attached hydrogen (secondary N) is 3. The van der Waals surface area contributed by atoms with Crippen molar-refractivity contribution in [3.05, 3.63) is 56.7 Å². The summed E-state index contributed by atoms with van der Waals surface area (Å²) in [5.74, 6) is 0.358. The van der Waals surface area contributed by atoms with Gasteiger partial charge < -0.3 is 5.32 Å². The van der Waals surface area contributed by atoms with Crippen LogP contribution in [0, 0.1) is 0 Å². The fourth-order valence-electron chi connectivity index (χ4n) is 1.62. The first-order valence-corrected chi connectivity index (χ1v) is 5.64. The van der Waals surface area contributed by atoms with Crippen LogP contribution < -0.4 is 16.6 Å². The lowest BCUT2D eigenvalue weighted by Gasteiger charge is -2.12. The van der Waals surface area contributed by atoms with E-state index in [4.69, 9.17) is 0 Å². The topological polar surface area (TPSA) is 90.6 Å². The fourth-order valence-corrected chi connectivity index (χ4v) is 1.62. The van der Waals surface area contributed by atoms with Gasteiger partial charge in [-0.15, -0.1) is 5.10 Å². The van der Waals surface area contributed by atoms with Crippen LogP contribution in [0.4, 0.5) is 5.82 Å². The third-order valence-corrected chi connectivity index (χ3v) is 2.66. The van der Waals surface area contributed by atoms with E-state index in [1.807, 2.05) is 37.3 Å². The molecule has 0 aliphatic heterocycles. The molecule has 2 rings (SSSR count). The summed E-state index contributed by atoms with van der Waals surface area (Å²) >= 11 is 0. The Labute approximate surface area is 103 Å². The SMILES string of the molecule is CC(CNc1n[nH]c(=O)[nH]c1=O)c1ccccc1. The van der Waals surface area contributed by atoms with Crippen molar-refractivity contribution in [3.8, 4) is 0 Å². The van der Waals surface area contributed by atoms with Crippen molar-refractivity contribution in [3.63, 3.8) is 0 Å². The van der Waals surface area contributed by atoms with E-state index in [0.717, 1.165) is 0 Å². The number of anilines is 1. The second-order valence-corrected chi connectivity index (χ2v) is 4.05. The zero-order valence-electron chi connectivity index (χ0n) is 9.93. The van der Waals surface area contributed by atoms with Gasteiger partial charge in [0.1, 0.15) is 0 Å². The smallest absolute Gasteiger partial charge is 0.342 e. The highest BCUT2D eigenvalue weighted by Crippen LogP contribution is 2.13. The largest absolute Gasteiger partial charge is 0.363 e. The van der Waals surface area contributed by atoms with E-state index in [0.29, 0.717) is 6.54 Å². The van der Waals surface area contributed by atoms with Crippen molar-refractivity contribution in [1.82, 2.24) is 15.2 Å². The van der Waals surface area contributed by atoms with E-state index >= 15 is 0 Å². The van der Waals surface area contributed by atoms with Gasteiger partial charge in [-0.3, -0.25) is 9.78 Å². The van der Waals surface area contributed by atoms with Gasteiger partial charge in [-0.1, -0.05) is 37.3 Å². The molecule has 0 saturated heterocycles. The minimum absolute atomic E-state index is 0.123. The van der Waals surface area contributed by atoms with Crippen LogP contribution in [0.25, 0.3) is 0 Å². The Kier molecular flexibility index (Phi) is 3.57. The molecule has 0 aliphatic rings. The van der Waals surface area contributed by atoms with E-state index in [1.165, 1.54) is 5.56 Å². The van der Waals surface area contributed by atoms with Crippen molar-refractivity contribution in [1.29, 1.82) is 0 Å². The Morgan fingerprint density at radius 2 is 2.00 bits per heavy atom. The highest BCUT2D eigenvalue weighted by molar-refractivity contribution is 5.30. The van der Waals surface area contributed by atoms with E-state index in [-0.39, 0.29) is 11.7 Å². The summed E-state index contributed by atoms with van der Waals surface area (Å²) in [6, 6.07) is 9.94. The molecule has 0 radical (unpaired) electrons. The summed E-state index contributed by atoms with van der Waals surface area (Å²) < 4.78 is 0. The molecule has 0 bridgehead atoms. The van der Waals surface area contributed by atoms with Crippen molar-refractivity contribution < 1.29 is 0 Å². The number of benzene rings is 1. The molecule has 3 N–H and O–H groups in total. The Balaban J connectivity index is 2.04. The second kappa shape index (κ2) is 5.31. The fraction of sp³-hybridized carbons (Fsp3) is 0.250. The van der Waals surface area contributed by atoms with Crippen molar-refractivity contribution in [2.75, 3.05) is 11.9 Å². The lowest BCUT2D eigenvalue weighted by atomic mass is 10.0. The number of H-pyrrole nitrogens is 2. The van der Waals surface area contributed by atoms with E-state index in [2.05, 4.69) is 20.5 Å². The Hall–Kier alpha value is -2.37. The maximum Gasteiger partial charge on any atom is 0.342 e. The van der Waals surface area contributed by atoms with Crippen molar-refractivity contribution >= 4 is 5.82 Å².